The van der Waals surface area contributed by atoms with Gasteiger partial charge in [0.1, 0.15) is 0 Å². The zero-order valence-corrected chi connectivity index (χ0v) is 24.1. The number of fused-ring (bicyclic) bond motifs is 5. The molecule has 0 radical (unpaired) electrons. The third-order valence-corrected chi connectivity index (χ3v) is 8.86. The molecular formula is C42H28N2. The summed E-state index contributed by atoms with van der Waals surface area (Å²) < 4.78 is 4.73. The molecule has 9 aromatic rings. The third kappa shape index (κ3) is 3.96. The van der Waals surface area contributed by atoms with Gasteiger partial charge in [0.15, 0.2) is 0 Å². The first-order valence-corrected chi connectivity index (χ1v) is 15.1. The van der Waals surface area contributed by atoms with Crippen LogP contribution in [0.5, 0.6) is 0 Å². The second kappa shape index (κ2) is 9.86. The Labute approximate surface area is 255 Å². The van der Waals surface area contributed by atoms with E-state index >= 15 is 0 Å². The largest absolute Gasteiger partial charge is 0.316 e. The van der Waals surface area contributed by atoms with Crippen molar-refractivity contribution in [3.8, 4) is 33.6 Å². The highest BCUT2D eigenvalue weighted by atomic mass is 15.0. The minimum Gasteiger partial charge on any atom is -0.316 e. The van der Waals surface area contributed by atoms with Crippen molar-refractivity contribution < 1.29 is 0 Å². The zero-order valence-electron chi connectivity index (χ0n) is 24.1. The van der Waals surface area contributed by atoms with E-state index in [-0.39, 0.29) is 0 Å². The topological polar surface area (TPSA) is 9.86 Å². The summed E-state index contributed by atoms with van der Waals surface area (Å²) in [4.78, 5) is 0. The molecular weight excluding hydrogens is 532 g/mol. The second-order valence-corrected chi connectivity index (χ2v) is 11.5. The summed E-state index contributed by atoms with van der Waals surface area (Å²) in [5, 5.41) is 6.26. The first kappa shape index (κ1) is 24.7. The summed E-state index contributed by atoms with van der Waals surface area (Å²) in [6.07, 6.45) is 2.21. The van der Waals surface area contributed by atoms with Gasteiger partial charge in [-0.3, -0.25) is 0 Å². The normalized spacial score (nSPS) is 11.6. The van der Waals surface area contributed by atoms with Crippen LogP contribution in [0, 0.1) is 0 Å². The number of para-hydroxylation sites is 2. The Hall–Kier alpha value is -5.86. The molecule has 0 fully saturated rings. The molecule has 7 aromatic carbocycles. The summed E-state index contributed by atoms with van der Waals surface area (Å²) in [7, 11) is 0. The van der Waals surface area contributed by atoms with Crippen LogP contribution in [0.25, 0.3) is 77.1 Å². The van der Waals surface area contributed by atoms with Gasteiger partial charge in [-0.2, -0.15) is 0 Å². The molecule has 0 saturated heterocycles. The van der Waals surface area contributed by atoms with Crippen LogP contribution in [0.3, 0.4) is 0 Å². The molecule has 0 amide bonds. The summed E-state index contributed by atoms with van der Waals surface area (Å²) in [6, 6.07) is 59.3. The SMILES string of the molecule is c1ccc(-c2cc(-c3ccccc3)cc(-n3ccc4cc5cc6c7ccccc7n(-c7ccccc7)c6cc5cc43)c2)cc1. The van der Waals surface area contributed by atoms with Gasteiger partial charge in [-0.15, -0.1) is 0 Å². The van der Waals surface area contributed by atoms with Crippen molar-refractivity contribution >= 4 is 43.5 Å². The fourth-order valence-electron chi connectivity index (χ4n) is 6.77. The molecule has 2 aromatic heterocycles. The van der Waals surface area contributed by atoms with Gasteiger partial charge >= 0.3 is 0 Å². The van der Waals surface area contributed by atoms with E-state index in [1.807, 2.05) is 0 Å². The molecule has 0 aliphatic carbocycles. The van der Waals surface area contributed by atoms with Crippen molar-refractivity contribution in [2.24, 2.45) is 0 Å². The monoisotopic (exact) mass is 560 g/mol. The fraction of sp³-hybridized carbons (Fsp3) is 0. The molecule has 9 rings (SSSR count). The maximum Gasteiger partial charge on any atom is 0.0547 e. The third-order valence-electron chi connectivity index (χ3n) is 8.86. The van der Waals surface area contributed by atoms with Crippen LogP contribution in [0.1, 0.15) is 0 Å². The van der Waals surface area contributed by atoms with Crippen LogP contribution in [0.2, 0.25) is 0 Å². The van der Waals surface area contributed by atoms with Crippen LogP contribution in [0.4, 0.5) is 0 Å². The summed E-state index contributed by atoms with van der Waals surface area (Å²) in [6.45, 7) is 0. The number of nitrogens with zero attached hydrogens (tertiary/aromatic N) is 2. The van der Waals surface area contributed by atoms with E-state index in [4.69, 9.17) is 0 Å². The lowest BCUT2D eigenvalue weighted by molar-refractivity contribution is 1.13. The van der Waals surface area contributed by atoms with Gasteiger partial charge in [-0.05, 0) is 99.8 Å². The quantitative estimate of drug-likeness (QED) is 0.203. The lowest BCUT2D eigenvalue weighted by Crippen LogP contribution is -1.95. The number of hydrogen-bond donors (Lipinski definition) is 0. The molecule has 206 valence electrons. The fourth-order valence-corrected chi connectivity index (χ4v) is 6.77. The van der Waals surface area contributed by atoms with Crippen molar-refractivity contribution in [1.82, 2.24) is 9.13 Å². The van der Waals surface area contributed by atoms with E-state index in [1.54, 1.807) is 0 Å². The minimum absolute atomic E-state index is 1.15. The molecule has 2 heterocycles. The van der Waals surface area contributed by atoms with Crippen molar-refractivity contribution in [3.05, 3.63) is 170 Å². The Bertz CT molecular complexity index is 2410. The Kier molecular flexibility index (Phi) is 5.54. The molecule has 44 heavy (non-hydrogen) atoms. The second-order valence-electron chi connectivity index (χ2n) is 11.5. The zero-order chi connectivity index (χ0) is 29.0. The highest BCUT2D eigenvalue weighted by Gasteiger charge is 2.15. The maximum absolute atomic E-state index is 2.39. The summed E-state index contributed by atoms with van der Waals surface area (Å²) in [5.41, 5.74) is 10.8. The number of aromatic nitrogens is 2. The van der Waals surface area contributed by atoms with E-state index in [0.717, 1.165) is 5.69 Å². The van der Waals surface area contributed by atoms with Crippen LogP contribution in [-0.2, 0) is 0 Å². The van der Waals surface area contributed by atoms with Gasteiger partial charge < -0.3 is 9.13 Å². The molecule has 2 nitrogen and oxygen atoms in total. The van der Waals surface area contributed by atoms with Crippen molar-refractivity contribution in [2.45, 2.75) is 0 Å². The smallest absolute Gasteiger partial charge is 0.0547 e. The molecule has 0 aliphatic rings. The van der Waals surface area contributed by atoms with E-state index in [2.05, 4.69) is 179 Å². The first-order valence-electron chi connectivity index (χ1n) is 15.1. The van der Waals surface area contributed by atoms with Crippen molar-refractivity contribution in [1.29, 1.82) is 0 Å². The molecule has 2 heteroatoms. The van der Waals surface area contributed by atoms with Gasteiger partial charge in [0.05, 0.1) is 16.6 Å². The lowest BCUT2D eigenvalue weighted by Gasteiger charge is -2.13. The Balaban J connectivity index is 1.28. The average Bonchev–Trinajstić information content (AvgIpc) is 3.65. The molecule has 0 spiro atoms. The number of rotatable bonds is 4. The van der Waals surface area contributed by atoms with Crippen LogP contribution < -0.4 is 0 Å². The predicted molar refractivity (Wildman–Crippen MR) is 186 cm³/mol. The Morgan fingerprint density at radius 2 is 0.909 bits per heavy atom. The number of hydrogen-bond acceptors (Lipinski definition) is 0. The Morgan fingerprint density at radius 3 is 1.61 bits per heavy atom. The molecule has 0 saturated carbocycles. The molecule has 0 unspecified atom stereocenters. The van der Waals surface area contributed by atoms with Gasteiger partial charge in [-0.1, -0.05) is 97.1 Å². The van der Waals surface area contributed by atoms with Crippen molar-refractivity contribution in [2.75, 3.05) is 0 Å². The standard InChI is InChI=1S/C42H28N2/c1-4-12-29(13-5-1)32-23-33(30-14-6-2-7-15-30)25-37(24-32)43-21-20-31-22-34-26-39-38-18-10-11-19-40(38)44(36-16-8-3-9-17-36)42(39)28-35(34)27-41(31)43/h1-28H. The first-order chi connectivity index (χ1) is 21.8. The van der Waals surface area contributed by atoms with Crippen LogP contribution >= 0.6 is 0 Å². The van der Waals surface area contributed by atoms with Gasteiger partial charge in [0, 0.05) is 33.7 Å². The Morgan fingerprint density at radius 1 is 0.318 bits per heavy atom. The summed E-state index contributed by atoms with van der Waals surface area (Å²) >= 11 is 0. The molecule has 0 bridgehead atoms. The maximum atomic E-state index is 2.39. The van der Waals surface area contributed by atoms with E-state index in [0.29, 0.717) is 0 Å². The van der Waals surface area contributed by atoms with E-state index < -0.39 is 0 Å². The van der Waals surface area contributed by atoms with Crippen LogP contribution in [0.15, 0.2) is 170 Å². The number of benzene rings is 7. The molecule has 0 N–H and O–H groups in total. The van der Waals surface area contributed by atoms with Crippen LogP contribution in [-0.4, -0.2) is 9.13 Å². The molecule has 0 atom stereocenters. The van der Waals surface area contributed by atoms with Gasteiger partial charge in [0.25, 0.3) is 0 Å². The average molecular weight is 561 g/mol. The highest BCUT2D eigenvalue weighted by molar-refractivity contribution is 6.15. The van der Waals surface area contributed by atoms with Gasteiger partial charge in [-0.25, -0.2) is 0 Å². The minimum atomic E-state index is 1.15. The van der Waals surface area contributed by atoms with Crippen molar-refractivity contribution in [3.63, 3.8) is 0 Å². The summed E-state index contributed by atoms with van der Waals surface area (Å²) in [5.74, 6) is 0. The van der Waals surface area contributed by atoms with Gasteiger partial charge in [0.2, 0.25) is 0 Å². The predicted octanol–water partition coefficient (Wildman–Crippen LogP) is 11.2. The lowest BCUT2D eigenvalue weighted by atomic mass is 9.98. The van der Waals surface area contributed by atoms with E-state index in [1.165, 1.54) is 71.4 Å². The van der Waals surface area contributed by atoms with E-state index in [9.17, 15) is 0 Å². The highest BCUT2D eigenvalue weighted by Crippen LogP contribution is 2.37. The molecule has 0 aliphatic heterocycles.